The van der Waals surface area contributed by atoms with Gasteiger partial charge in [-0.1, -0.05) is 72.3 Å². The second kappa shape index (κ2) is 8.30. The molecule has 1 aromatic heterocycles. The van der Waals surface area contributed by atoms with E-state index >= 15 is 0 Å². The lowest BCUT2D eigenvalue weighted by Crippen LogP contribution is -1.89. The summed E-state index contributed by atoms with van der Waals surface area (Å²) >= 11 is 1.62. The van der Waals surface area contributed by atoms with Crippen LogP contribution in [0, 0.1) is 6.92 Å². The van der Waals surface area contributed by atoms with Crippen molar-refractivity contribution >= 4 is 39.1 Å². The van der Waals surface area contributed by atoms with Crippen LogP contribution in [-0.2, 0) is 0 Å². The third kappa shape index (κ3) is 4.21. The van der Waals surface area contributed by atoms with Gasteiger partial charge in [-0.25, -0.2) is 4.98 Å². The van der Waals surface area contributed by atoms with Crippen molar-refractivity contribution in [2.75, 3.05) is 5.32 Å². The molecule has 1 heterocycles. The summed E-state index contributed by atoms with van der Waals surface area (Å²) < 4.78 is 0. The molecule has 0 unspecified atom stereocenters. The lowest BCUT2D eigenvalue weighted by molar-refractivity contribution is 1.38. The molecule has 0 fully saturated rings. The first-order valence-electron chi connectivity index (χ1n) is 8.23. The fraction of sp³-hybridized carbons (Fsp3) is 0.0455. The molecule has 4 aromatic rings. The van der Waals surface area contributed by atoms with Crippen molar-refractivity contribution in [1.29, 1.82) is 0 Å². The SMILES string of the molecule is Br.Cc1ccc(Nc2nc(-c3ccc(-c4ccccc4)cc3)cs2)cc1. The summed E-state index contributed by atoms with van der Waals surface area (Å²) in [6.07, 6.45) is 0. The van der Waals surface area contributed by atoms with Crippen LogP contribution in [0.5, 0.6) is 0 Å². The van der Waals surface area contributed by atoms with Crippen LogP contribution in [-0.4, -0.2) is 4.98 Å². The van der Waals surface area contributed by atoms with E-state index in [2.05, 4.69) is 90.4 Å². The van der Waals surface area contributed by atoms with E-state index in [1.54, 1.807) is 11.3 Å². The molecule has 4 heteroatoms. The largest absolute Gasteiger partial charge is 0.332 e. The van der Waals surface area contributed by atoms with Gasteiger partial charge in [0.15, 0.2) is 5.13 Å². The average Bonchev–Trinajstić information content (AvgIpc) is 3.13. The second-order valence-electron chi connectivity index (χ2n) is 5.97. The number of aromatic nitrogens is 1. The molecular weight excluding hydrogens is 404 g/mol. The molecular formula is C22H19BrN2S. The van der Waals surface area contributed by atoms with Crippen LogP contribution in [0.1, 0.15) is 5.56 Å². The number of benzene rings is 3. The highest BCUT2D eigenvalue weighted by Crippen LogP contribution is 2.29. The standard InChI is InChI=1S/C22H18N2S.BrH/c1-16-7-13-20(14-8-16)23-22-24-21(15-25-22)19-11-9-18(10-12-19)17-5-3-2-4-6-17;/h2-15H,1H3,(H,23,24);1H. The number of hydrogen-bond acceptors (Lipinski definition) is 3. The van der Waals surface area contributed by atoms with Gasteiger partial charge in [0.25, 0.3) is 0 Å². The van der Waals surface area contributed by atoms with Crippen LogP contribution in [0.15, 0.2) is 84.2 Å². The molecule has 26 heavy (non-hydrogen) atoms. The molecule has 0 saturated heterocycles. The number of aryl methyl sites for hydroxylation is 1. The van der Waals surface area contributed by atoms with Crippen molar-refractivity contribution < 1.29 is 0 Å². The zero-order chi connectivity index (χ0) is 17.1. The van der Waals surface area contributed by atoms with Gasteiger partial charge in [-0.3, -0.25) is 0 Å². The first-order valence-corrected chi connectivity index (χ1v) is 9.11. The molecule has 2 nitrogen and oxygen atoms in total. The summed E-state index contributed by atoms with van der Waals surface area (Å²) in [7, 11) is 0. The molecule has 0 bridgehead atoms. The predicted octanol–water partition coefficient (Wildman–Crippen LogP) is 7.11. The van der Waals surface area contributed by atoms with Crippen molar-refractivity contribution in [1.82, 2.24) is 4.98 Å². The van der Waals surface area contributed by atoms with E-state index in [4.69, 9.17) is 4.98 Å². The fourth-order valence-corrected chi connectivity index (χ4v) is 3.43. The second-order valence-corrected chi connectivity index (χ2v) is 6.83. The number of anilines is 2. The smallest absolute Gasteiger partial charge is 0.187 e. The van der Waals surface area contributed by atoms with Crippen LogP contribution in [0.4, 0.5) is 10.8 Å². The highest BCUT2D eigenvalue weighted by Gasteiger charge is 2.06. The minimum absolute atomic E-state index is 0. The summed E-state index contributed by atoms with van der Waals surface area (Å²) in [4.78, 5) is 4.71. The van der Waals surface area contributed by atoms with Crippen LogP contribution in [0.25, 0.3) is 22.4 Å². The number of thiazole rings is 1. The number of nitrogens with one attached hydrogen (secondary N) is 1. The van der Waals surface area contributed by atoms with E-state index in [1.165, 1.54) is 16.7 Å². The Kier molecular flexibility index (Phi) is 5.86. The minimum Gasteiger partial charge on any atom is -0.332 e. The van der Waals surface area contributed by atoms with E-state index < -0.39 is 0 Å². The van der Waals surface area contributed by atoms with Crippen LogP contribution in [0.3, 0.4) is 0 Å². The lowest BCUT2D eigenvalue weighted by Gasteiger charge is -2.03. The van der Waals surface area contributed by atoms with Gasteiger partial charge in [0.05, 0.1) is 5.69 Å². The number of nitrogens with zero attached hydrogens (tertiary/aromatic N) is 1. The summed E-state index contributed by atoms with van der Waals surface area (Å²) in [5.41, 5.74) is 6.90. The summed E-state index contributed by atoms with van der Waals surface area (Å²) in [6.45, 7) is 2.09. The highest BCUT2D eigenvalue weighted by molar-refractivity contribution is 8.93. The van der Waals surface area contributed by atoms with Gasteiger partial charge in [0.2, 0.25) is 0 Å². The molecule has 0 aliphatic heterocycles. The van der Waals surface area contributed by atoms with Gasteiger partial charge in [0, 0.05) is 16.6 Å². The van der Waals surface area contributed by atoms with E-state index in [9.17, 15) is 0 Å². The molecule has 0 saturated carbocycles. The van der Waals surface area contributed by atoms with Crippen molar-refractivity contribution in [3.05, 3.63) is 89.8 Å². The van der Waals surface area contributed by atoms with Gasteiger partial charge in [-0.2, -0.15) is 0 Å². The number of hydrogen-bond donors (Lipinski definition) is 1. The molecule has 4 rings (SSSR count). The van der Waals surface area contributed by atoms with Crippen molar-refractivity contribution in [3.63, 3.8) is 0 Å². The highest BCUT2D eigenvalue weighted by atomic mass is 79.9. The maximum Gasteiger partial charge on any atom is 0.187 e. The maximum atomic E-state index is 4.71. The van der Waals surface area contributed by atoms with Gasteiger partial charge >= 0.3 is 0 Å². The predicted molar refractivity (Wildman–Crippen MR) is 118 cm³/mol. The molecule has 0 aliphatic carbocycles. The van der Waals surface area contributed by atoms with E-state index in [0.717, 1.165) is 22.1 Å². The normalized spacial score (nSPS) is 10.2. The Morgan fingerprint density at radius 2 is 1.35 bits per heavy atom. The topological polar surface area (TPSA) is 24.9 Å². The van der Waals surface area contributed by atoms with E-state index in [-0.39, 0.29) is 17.0 Å². The van der Waals surface area contributed by atoms with E-state index in [0.29, 0.717) is 0 Å². The molecule has 0 amide bonds. The number of halogens is 1. The van der Waals surface area contributed by atoms with E-state index in [1.807, 2.05) is 6.07 Å². The molecule has 0 aliphatic rings. The Hall–Kier alpha value is -2.43. The Labute approximate surface area is 168 Å². The quantitative estimate of drug-likeness (QED) is 0.378. The van der Waals surface area contributed by atoms with Crippen molar-refractivity contribution in [2.45, 2.75) is 6.92 Å². The monoisotopic (exact) mass is 422 g/mol. The van der Waals surface area contributed by atoms with Crippen molar-refractivity contribution in [3.8, 4) is 22.4 Å². The third-order valence-electron chi connectivity index (χ3n) is 4.09. The molecule has 130 valence electrons. The van der Waals surface area contributed by atoms with Gasteiger partial charge in [-0.15, -0.1) is 28.3 Å². The van der Waals surface area contributed by atoms with Crippen molar-refractivity contribution in [2.24, 2.45) is 0 Å². The Morgan fingerprint density at radius 1 is 0.731 bits per heavy atom. The average molecular weight is 423 g/mol. The maximum absolute atomic E-state index is 4.71. The van der Waals surface area contributed by atoms with Gasteiger partial charge in [0.1, 0.15) is 0 Å². The van der Waals surface area contributed by atoms with Gasteiger partial charge < -0.3 is 5.32 Å². The Bertz CT molecular complexity index is 961. The first kappa shape index (κ1) is 18.4. The summed E-state index contributed by atoms with van der Waals surface area (Å²) in [5.74, 6) is 0. The summed E-state index contributed by atoms with van der Waals surface area (Å²) in [6, 6.07) is 27.3. The molecule has 3 aromatic carbocycles. The lowest BCUT2D eigenvalue weighted by atomic mass is 10.0. The molecule has 1 N–H and O–H groups in total. The zero-order valence-electron chi connectivity index (χ0n) is 14.3. The Morgan fingerprint density at radius 3 is 2.04 bits per heavy atom. The zero-order valence-corrected chi connectivity index (χ0v) is 16.9. The number of rotatable bonds is 4. The van der Waals surface area contributed by atoms with Crippen LogP contribution < -0.4 is 5.32 Å². The molecule has 0 spiro atoms. The first-order chi connectivity index (χ1) is 12.3. The van der Waals surface area contributed by atoms with Gasteiger partial charge in [-0.05, 0) is 30.2 Å². The Balaban J connectivity index is 0.00000196. The minimum atomic E-state index is 0. The van der Waals surface area contributed by atoms with Crippen LogP contribution >= 0.6 is 28.3 Å². The molecule has 0 atom stereocenters. The third-order valence-corrected chi connectivity index (χ3v) is 4.85. The summed E-state index contributed by atoms with van der Waals surface area (Å²) in [5, 5.41) is 6.37. The van der Waals surface area contributed by atoms with Crippen LogP contribution in [0.2, 0.25) is 0 Å². The fourth-order valence-electron chi connectivity index (χ4n) is 2.69. The molecule has 0 radical (unpaired) electrons.